The van der Waals surface area contributed by atoms with Gasteiger partial charge in [0.05, 0.1) is 0 Å². The lowest BCUT2D eigenvalue weighted by Crippen LogP contribution is -2.37. The zero-order chi connectivity index (χ0) is 16.4. The van der Waals surface area contributed by atoms with Crippen LogP contribution in [0.25, 0.3) is 11.1 Å². The number of rotatable bonds is 4. The van der Waals surface area contributed by atoms with Gasteiger partial charge in [-0.05, 0) is 31.5 Å². The quantitative estimate of drug-likeness (QED) is 0.535. The maximum absolute atomic E-state index is 12.6. The Labute approximate surface area is 136 Å². The molecule has 0 aliphatic heterocycles. The minimum Gasteiger partial charge on any atom is -0.351 e. The number of Topliss-reactive ketones (excluding diaryl/α,β-unsaturated/α-hetero) is 1. The lowest BCUT2D eigenvalue weighted by atomic mass is 10.1. The molecule has 0 radical (unpaired) electrons. The second kappa shape index (κ2) is 6.21. The van der Waals surface area contributed by atoms with Crippen LogP contribution >= 0.6 is 0 Å². The Morgan fingerprint density at radius 2 is 1.74 bits per heavy atom. The monoisotopic (exact) mass is 305 g/mol. The lowest BCUT2D eigenvalue weighted by molar-refractivity contribution is -0.682. The molecule has 0 saturated heterocycles. The van der Waals surface area contributed by atoms with Gasteiger partial charge in [-0.2, -0.15) is 4.57 Å². The van der Waals surface area contributed by atoms with Gasteiger partial charge in [-0.25, -0.2) is 0 Å². The van der Waals surface area contributed by atoms with Crippen LogP contribution in [0, 0.1) is 13.8 Å². The number of hydrogen-bond acceptors (Lipinski definition) is 1. The summed E-state index contributed by atoms with van der Waals surface area (Å²) in [5.41, 5.74) is 5.20. The highest BCUT2D eigenvalue weighted by Gasteiger charge is 2.18. The predicted octanol–water partition coefficient (Wildman–Crippen LogP) is 3.48. The molecule has 3 rings (SSSR count). The molecule has 0 N–H and O–H groups in total. The van der Waals surface area contributed by atoms with Crippen molar-refractivity contribution in [3.05, 3.63) is 77.9 Å². The molecule has 0 saturated carbocycles. The number of hydrogen-bond donors (Lipinski definition) is 0. The van der Waals surface area contributed by atoms with E-state index in [1.807, 2.05) is 68.2 Å². The summed E-state index contributed by atoms with van der Waals surface area (Å²) in [5.74, 6) is 0.140. The predicted molar refractivity (Wildman–Crippen MR) is 91.3 cm³/mol. The fourth-order valence-corrected chi connectivity index (χ4v) is 2.81. The van der Waals surface area contributed by atoms with Gasteiger partial charge < -0.3 is 4.57 Å². The van der Waals surface area contributed by atoms with E-state index in [4.69, 9.17) is 0 Å². The maximum Gasteiger partial charge on any atom is 0.229 e. The number of benzene rings is 1. The van der Waals surface area contributed by atoms with Crippen LogP contribution in [-0.4, -0.2) is 10.4 Å². The molecule has 3 nitrogen and oxygen atoms in total. The van der Waals surface area contributed by atoms with Gasteiger partial charge in [-0.1, -0.05) is 30.3 Å². The van der Waals surface area contributed by atoms with Crippen molar-refractivity contribution in [2.75, 3.05) is 0 Å². The van der Waals surface area contributed by atoms with Crippen molar-refractivity contribution in [2.24, 2.45) is 7.05 Å². The molecule has 0 aliphatic rings. The lowest BCUT2D eigenvalue weighted by Gasteiger charge is -2.02. The van der Waals surface area contributed by atoms with E-state index in [0.29, 0.717) is 6.54 Å². The topological polar surface area (TPSA) is 25.9 Å². The SMILES string of the molecule is Cc1cc(C(=O)C[n+]2cccc(-c3ccccc3)c2)c(C)n1C. The van der Waals surface area contributed by atoms with Gasteiger partial charge in [0.1, 0.15) is 0 Å². The molecule has 0 atom stereocenters. The first-order valence-corrected chi connectivity index (χ1v) is 7.77. The maximum atomic E-state index is 12.6. The molecule has 23 heavy (non-hydrogen) atoms. The molecule has 1 aromatic carbocycles. The first kappa shape index (κ1) is 15.2. The van der Waals surface area contributed by atoms with Gasteiger partial charge in [-0.3, -0.25) is 4.79 Å². The Balaban J connectivity index is 1.86. The average Bonchev–Trinajstić information content (AvgIpc) is 2.83. The minimum atomic E-state index is 0.140. The number of aryl methyl sites for hydroxylation is 1. The third-order valence-electron chi connectivity index (χ3n) is 4.37. The minimum absolute atomic E-state index is 0.140. The van der Waals surface area contributed by atoms with Gasteiger partial charge >= 0.3 is 0 Å². The van der Waals surface area contributed by atoms with E-state index < -0.39 is 0 Å². The summed E-state index contributed by atoms with van der Waals surface area (Å²) >= 11 is 0. The summed E-state index contributed by atoms with van der Waals surface area (Å²) < 4.78 is 4.00. The fraction of sp³-hybridized carbons (Fsp3) is 0.200. The highest BCUT2D eigenvalue weighted by atomic mass is 16.1. The Morgan fingerprint density at radius 3 is 2.39 bits per heavy atom. The summed E-state index contributed by atoms with van der Waals surface area (Å²) in [6, 6.07) is 16.2. The van der Waals surface area contributed by atoms with Gasteiger partial charge in [0, 0.05) is 35.6 Å². The summed E-state index contributed by atoms with van der Waals surface area (Å²) in [6.45, 7) is 4.36. The number of carbonyl (C=O) groups excluding carboxylic acids is 1. The van der Waals surface area contributed by atoms with Crippen LogP contribution in [0.1, 0.15) is 21.7 Å². The number of nitrogens with zero attached hydrogens (tertiary/aromatic N) is 2. The molecule has 0 fully saturated rings. The summed E-state index contributed by atoms with van der Waals surface area (Å²) in [7, 11) is 1.99. The third-order valence-corrected chi connectivity index (χ3v) is 4.37. The van der Waals surface area contributed by atoms with Crippen molar-refractivity contribution in [1.29, 1.82) is 0 Å². The van der Waals surface area contributed by atoms with E-state index in [2.05, 4.69) is 22.8 Å². The highest BCUT2D eigenvalue weighted by molar-refractivity contribution is 5.96. The number of ketones is 1. The van der Waals surface area contributed by atoms with Crippen molar-refractivity contribution in [3.8, 4) is 11.1 Å². The second-order valence-electron chi connectivity index (χ2n) is 5.90. The van der Waals surface area contributed by atoms with E-state index in [1.165, 1.54) is 0 Å². The van der Waals surface area contributed by atoms with Crippen molar-refractivity contribution < 1.29 is 9.36 Å². The third kappa shape index (κ3) is 3.09. The van der Waals surface area contributed by atoms with Gasteiger partial charge in [-0.15, -0.1) is 0 Å². The van der Waals surface area contributed by atoms with Crippen LogP contribution in [0.4, 0.5) is 0 Å². The summed E-state index contributed by atoms with van der Waals surface area (Å²) in [6.07, 6.45) is 3.97. The smallest absolute Gasteiger partial charge is 0.229 e. The number of carbonyl (C=O) groups is 1. The molecule has 116 valence electrons. The van der Waals surface area contributed by atoms with Gasteiger partial charge in [0.15, 0.2) is 12.4 Å². The normalized spacial score (nSPS) is 10.7. The van der Waals surface area contributed by atoms with Crippen molar-refractivity contribution >= 4 is 5.78 Å². The molecular weight excluding hydrogens is 284 g/mol. The van der Waals surface area contributed by atoms with Crippen molar-refractivity contribution in [2.45, 2.75) is 20.4 Å². The van der Waals surface area contributed by atoms with E-state index in [0.717, 1.165) is 28.1 Å². The van der Waals surface area contributed by atoms with E-state index in [1.54, 1.807) is 0 Å². The van der Waals surface area contributed by atoms with Crippen molar-refractivity contribution in [3.63, 3.8) is 0 Å². The Bertz CT molecular complexity index is 847. The standard InChI is InChI=1S/C20H21N2O/c1-15-12-19(16(2)21(15)3)20(23)14-22-11-7-10-18(13-22)17-8-5-4-6-9-17/h4-13H,14H2,1-3H3/q+1. The molecule has 0 amide bonds. The molecule has 3 heteroatoms. The van der Waals surface area contributed by atoms with Crippen LogP contribution in [0.2, 0.25) is 0 Å². The Hall–Kier alpha value is -2.68. The van der Waals surface area contributed by atoms with Crippen LogP contribution < -0.4 is 4.57 Å². The molecule has 0 bridgehead atoms. The second-order valence-corrected chi connectivity index (χ2v) is 5.90. The molecule has 0 aliphatic carbocycles. The summed E-state index contributed by atoms with van der Waals surface area (Å²) in [5, 5.41) is 0. The fourth-order valence-electron chi connectivity index (χ4n) is 2.81. The summed E-state index contributed by atoms with van der Waals surface area (Å²) in [4.78, 5) is 12.6. The zero-order valence-corrected chi connectivity index (χ0v) is 13.8. The molecule has 0 unspecified atom stereocenters. The van der Waals surface area contributed by atoms with E-state index in [-0.39, 0.29) is 5.78 Å². The Morgan fingerprint density at radius 1 is 1.04 bits per heavy atom. The van der Waals surface area contributed by atoms with E-state index >= 15 is 0 Å². The average molecular weight is 305 g/mol. The molecule has 2 aromatic heterocycles. The first-order chi connectivity index (χ1) is 11.1. The van der Waals surface area contributed by atoms with Crippen LogP contribution in [0.5, 0.6) is 0 Å². The Kier molecular flexibility index (Phi) is 4.11. The van der Waals surface area contributed by atoms with E-state index in [9.17, 15) is 4.79 Å². The van der Waals surface area contributed by atoms with Crippen LogP contribution in [0.3, 0.4) is 0 Å². The molecular formula is C20H21N2O+. The zero-order valence-electron chi connectivity index (χ0n) is 13.8. The molecule has 0 spiro atoms. The largest absolute Gasteiger partial charge is 0.351 e. The van der Waals surface area contributed by atoms with Crippen molar-refractivity contribution in [1.82, 2.24) is 4.57 Å². The number of pyridine rings is 1. The first-order valence-electron chi connectivity index (χ1n) is 7.77. The highest BCUT2D eigenvalue weighted by Crippen LogP contribution is 2.17. The van der Waals surface area contributed by atoms with Crippen LogP contribution in [-0.2, 0) is 13.6 Å². The molecule has 2 heterocycles. The van der Waals surface area contributed by atoms with Gasteiger partial charge in [0.2, 0.25) is 12.3 Å². The van der Waals surface area contributed by atoms with Gasteiger partial charge in [0.25, 0.3) is 0 Å². The number of aromatic nitrogens is 2. The molecule has 3 aromatic rings. The van der Waals surface area contributed by atoms with Crippen LogP contribution in [0.15, 0.2) is 60.9 Å².